The second-order valence-corrected chi connectivity index (χ2v) is 2.39. The van der Waals surface area contributed by atoms with Crippen LogP contribution < -0.4 is 5.32 Å². The molecule has 0 aromatic heterocycles. The fraction of sp³-hybridized carbons (Fsp3) is 0.500. The molecule has 1 nitrogen and oxygen atoms in total. The zero-order valence-electron chi connectivity index (χ0n) is 9.65. The van der Waals surface area contributed by atoms with Crippen LogP contribution in [0.1, 0.15) is 34.1 Å². The Morgan fingerprint density at radius 3 is 2.23 bits per heavy atom. The lowest BCUT2D eigenvalue weighted by atomic mass is 10.1. The minimum atomic E-state index is 1.08. The first-order valence-electron chi connectivity index (χ1n) is 4.92. The summed E-state index contributed by atoms with van der Waals surface area (Å²) in [7, 11) is 1.93. The second-order valence-electron chi connectivity index (χ2n) is 2.39. The molecule has 1 heteroatoms. The van der Waals surface area contributed by atoms with Gasteiger partial charge in [-0.25, -0.2) is 0 Å². The van der Waals surface area contributed by atoms with E-state index >= 15 is 0 Å². The Balaban J connectivity index is 0. The van der Waals surface area contributed by atoms with Crippen LogP contribution in [0.25, 0.3) is 0 Å². The van der Waals surface area contributed by atoms with E-state index in [0.29, 0.717) is 0 Å². The quantitative estimate of drug-likeness (QED) is 0.653. The van der Waals surface area contributed by atoms with Crippen molar-refractivity contribution in [2.45, 2.75) is 34.1 Å². The van der Waals surface area contributed by atoms with Gasteiger partial charge in [0.15, 0.2) is 0 Å². The Morgan fingerprint density at radius 1 is 1.38 bits per heavy atom. The number of likely N-dealkylation sites (N-methyl/N-ethyl adjacent to an activating group) is 1. The van der Waals surface area contributed by atoms with Crippen molar-refractivity contribution in [3.05, 3.63) is 36.1 Å². The van der Waals surface area contributed by atoms with Gasteiger partial charge in [-0.05, 0) is 19.4 Å². The van der Waals surface area contributed by atoms with Crippen LogP contribution in [-0.2, 0) is 0 Å². The van der Waals surface area contributed by atoms with Gasteiger partial charge in [0.05, 0.1) is 0 Å². The highest BCUT2D eigenvalue weighted by Crippen LogP contribution is 2.05. The molecule has 0 atom stereocenters. The maximum atomic E-state index is 3.61. The average Bonchev–Trinajstić information content (AvgIpc) is 2.21. The Labute approximate surface area is 83.2 Å². The van der Waals surface area contributed by atoms with Gasteiger partial charge in [0.1, 0.15) is 0 Å². The van der Waals surface area contributed by atoms with E-state index in [4.69, 9.17) is 0 Å². The van der Waals surface area contributed by atoms with E-state index in [9.17, 15) is 0 Å². The highest BCUT2D eigenvalue weighted by atomic mass is 14.8. The number of hydrogen-bond acceptors (Lipinski definition) is 1. The summed E-state index contributed by atoms with van der Waals surface area (Å²) in [5.74, 6) is 0. The summed E-state index contributed by atoms with van der Waals surface area (Å²) in [6, 6.07) is 0. The molecule has 0 aromatic carbocycles. The molecule has 0 aliphatic carbocycles. The largest absolute Gasteiger partial charge is 0.388 e. The highest BCUT2D eigenvalue weighted by molar-refractivity contribution is 5.24. The standard InChI is InChI=1S/C10H17N.C2H6/c1-5-7-8-10(11-4)9(3)6-2;1-2/h5,7-8,11H,1,6H2,2-4H3;1-2H3/b8-7-,10-9-;. The lowest BCUT2D eigenvalue weighted by molar-refractivity contribution is 0.955. The summed E-state index contributed by atoms with van der Waals surface area (Å²) in [6.07, 6.45) is 6.83. The molecule has 0 spiro atoms. The predicted molar refractivity (Wildman–Crippen MR) is 62.7 cm³/mol. The van der Waals surface area contributed by atoms with E-state index < -0.39 is 0 Å². The topological polar surface area (TPSA) is 12.0 Å². The van der Waals surface area contributed by atoms with Gasteiger partial charge in [-0.3, -0.25) is 0 Å². The van der Waals surface area contributed by atoms with Gasteiger partial charge >= 0.3 is 0 Å². The number of rotatable bonds is 4. The Bertz CT molecular complexity index is 176. The number of allylic oxidation sites excluding steroid dienone is 4. The Kier molecular flexibility index (Phi) is 12.3. The first-order chi connectivity index (χ1) is 6.26. The normalized spacial score (nSPS) is 11.5. The molecule has 0 fully saturated rings. The third kappa shape index (κ3) is 7.38. The van der Waals surface area contributed by atoms with E-state index in [1.165, 1.54) is 11.3 Å². The van der Waals surface area contributed by atoms with E-state index in [1.54, 1.807) is 6.08 Å². The van der Waals surface area contributed by atoms with Crippen LogP contribution in [-0.4, -0.2) is 7.05 Å². The van der Waals surface area contributed by atoms with Crippen LogP contribution in [0.5, 0.6) is 0 Å². The van der Waals surface area contributed by atoms with Crippen molar-refractivity contribution in [2.75, 3.05) is 7.05 Å². The SMILES string of the molecule is C=C/C=C\C(NC)=C(/C)CC.CC. The van der Waals surface area contributed by atoms with Crippen LogP contribution in [0.15, 0.2) is 36.1 Å². The van der Waals surface area contributed by atoms with E-state index in [1.807, 2.05) is 33.0 Å². The molecular formula is C12H23N. The first-order valence-corrected chi connectivity index (χ1v) is 4.92. The van der Waals surface area contributed by atoms with Gasteiger partial charge in [-0.15, -0.1) is 0 Å². The fourth-order valence-electron chi connectivity index (χ4n) is 0.794. The van der Waals surface area contributed by atoms with Crippen molar-refractivity contribution < 1.29 is 0 Å². The average molecular weight is 181 g/mol. The van der Waals surface area contributed by atoms with Crippen molar-refractivity contribution in [1.29, 1.82) is 0 Å². The number of hydrogen-bond donors (Lipinski definition) is 1. The zero-order chi connectivity index (χ0) is 10.7. The lowest BCUT2D eigenvalue weighted by Gasteiger charge is -2.04. The van der Waals surface area contributed by atoms with Crippen LogP contribution in [0, 0.1) is 0 Å². The fourth-order valence-corrected chi connectivity index (χ4v) is 0.794. The van der Waals surface area contributed by atoms with Gasteiger partial charge in [0, 0.05) is 12.7 Å². The summed E-state index contributed by atoms with van der Waals surface area (Å²) in [6.45, 7) is 11.9. The molecule has 76 valence electrons. The van der Waals surface area contributed by atoms with Gasteiger partial charge in [-0.1, -0.05) is 45.1 Å². The third-order valence-corrected chi connectivity index (χ3v) is 1.66. The van der Waals surface area contributed by atoms with Crippen molar-refractivity contribution in [1.82, 2.24) is 5.32 Å². The second kappa shape index (κ2) is 11.0. The smallest absolute Gasteiger partial charge is 0.0326 e. The minimum Gasteiger partial charge on any atom is -0.388 e. The monoisotopic (exact) mass is 181 g/mol. The Hall–Kier alpha value is -0.980. The maximum Gasteiger partial charge on any atom is 0.0326 e. The third-order valence-electron chi connectivity index (χ3n) is 1.66. The summed E-state index contributed by atoms with van der Waals surface area (Å²) in [5.41, 5.74) is 2.55. The van der Waals surface area contributed by atoms with E-state index in [2.05, 4.69) is 25.7 Å². The minimum absolute atomic E-state index is 1.08. The van der Waals surface area contributed by atoms with Crippen LogP contribution in [0.4, 0.5) is 0 Å². The molecule has 0 aliphatic rings. The molecule has 0 unspecified atom stereocenters. The van der Waals surface area contributed by atoms with Crippen LogP contribution in [0.2, 0.25) is 0 Å². The van der Waals surface area contributed by atoms with Crippen molar-refractivity contribution in [3.63, 3.8) is 0 Å². The maximum absolute atomic E-state index is 3.61. The zero-order valence-corrected chi connectivity index (χ0v) is 9.65. The highest BCUT2D eigenvalue weighted by Gasteiger charge is 1.91. The molecule has 0 rings (SSSR count). The van der Waals surface area contributed by atoms with Crippen molar-refractivity contribution in [2.24, 2.45) is 0 Å². The molecule has 0 aliphatic heterocycles. The predicted octanol–water partition coefficient (Wildman–Crippen LogP) is 3.66. The van der Waals surface area contributed by atoms with Gasteiger partial charge in [-0.2, -0.15) is 0 Å². The van der Waals surface area contributed by atoms with Gasteiger partial charge < -0.3 is 5.32 Å². The summed E-state index contributed by atoms with van der Waals surface area (Å²) in [5, 5.41) is 3.13. The van der Waals surface area contributed by atoms with Crippen LogP contribution >= 0.6 is 0 Å². The summed E-state index contributed by atoms with van der Waals surface area (Å²) in [4.78, 5) is 0. The molecule has 0 bridgehead atoms. The first kappa shape index (κ1) is 14.5. The molecular weight excluding hydrogens is 158 g/mol. The molecule has 0 heterocycles. The molecule has 0 aromatic rings. The van der Waals surface area contributed by atoms with E-state index in [-0.39, 0.29) is 0 Å². The molecule has 0 radical (unpaired) electrons. The van der Waals surface area contributed by atoms with Gasteiger partial charge in [0.2, 0.25) is 0 Å². The summed E-state index contributed by atoms with van der Waals surface area (Å²) < 4.78 is 0. The molecule has 13 heavy (non-hydrogen) atoms. The molecule has 0 saturated carbocycles. The molecule has 0 saturated heterocycles. The number of nitrogens with one attached hydrogen (secondary N) is 1. The van der Waals surface area contributed by atoms with Crippen LogP contribution in [0.3, 0.4) is 0 Å². The lowest BCUT2D eigenvalue weighted by Crippen LogP contribution is -2.05. The van der Waals surface area contributed by atoms with E-state index in [0.717, 1.165) is 6.42 Å². The summed E-state index contributed by atoms with van der Waals surface area (Å²) >= 11 is 0. The van der Waals surface area contributed by atoms with Crippen molar-refractivity contribution >= 4 is 0 Å². The molecule has 0 amide bonds. The van der Waals surface area contributed by atoms with Crippen molar-refractivity contribution in [3.8, 4) is 0 Å². The molecule has 1 N–H and O–H groups in total. The Morgan fingerprint density at radius 2 is 1.92 bits per heavy atom. The van der Waals surface area contributed by atoms with Gasteiger partial charge in [0.25, 0.3) is 0 Å².